The Bertz CT molecular complexity index is 831. The van der Waals surface area contributed by atoms with Crippen molar-refractivity contribution in [3.05, 3.63) is 46.9 Å². The summed E-state index contributed by atoms with van der Waals surface area (Å²) in [7, 11) is 3.17. The summed E-state index contributed by atoms with van der Waals surface area (Å²) in [6, 6.07) is 11.6. The molecule has 1 aliphatic heterocycles. The van der Waals surface area contributed by atoms with Crippen molar-refractivity contribution in [2.75, 3.05) is 27.4 Å². The predicted molar refractivity (Wildman–Crippen MR) is 95.1 cm³/mol. The van der Waals surface area contributed by atoms with Crippen LogP contribution in [-0.2, 0) is 9.53 Å². The van der Waals surface area contributed by atoms with Crippen LogP contribution in [0.2, 0.25) is 0 Å². The molecule has 0 radical (unpaired) electrons. The average Bonchev–Trinajstić information content (AvgIpc) is 2.87. The van der Waals surface area contributed by atoms with Gasteiger partial charge in [-0.05, 0) is 34.9 Å². The molecule has 0 bridgehead atoms. The number of benzene rings is 2. The van der Waals surface area contributed by atoms with E-state index in [2.05, 4.69) is 0 Å². The molecule has 5 nitrogen and oxygen atoms in total. The third-order valence-corrected chi connectivity index (χ3v) is 4.72. The number of ether oxygens (including phenoxy) is 2. The van der Waals surface area contributed by atoms with Crippen LogP contribution in [0, 0.1) is 0 Å². The van der Waals surface area contributed by atoms with Crippen LogP contribution >= 0.6 is 11.8 Å². The number of thioether (sulfide) groups is 1. The molecule has 0 N–H and O–H groups in total. The zero-order valence-corrected chi connectivity index (χ0v) is 14.3. The summed E-state index contributed by atoms with van der Waals surface area (Å²) in [5.74, 6) is 0.498. The second-order valence-corrected chi connectivity index (χ2v) is 6.22. The summed E-state index contributed by atoms with van der Waals surface area (Å²) in [6.45, 7) is 0.596. The zero-order valence-electron chi connectivity index (χ0n) is 13.4. The van der Waals surface area contributed by atoms with Crippen LogP contribution in [-0.4, -0.2) is 43.4 Å². The van der Waals surface area contributed by atoms with Gasteiger partial charge in [-0.1, -0.05) is 30.3 Å². The van der Waals surface area contributed by atoms with E-state index in [1.165, 1.54) is 4.90 Å². The van der Waals surface area contributed by atoms with E-state index in [-0.39, 0.29) is 17.7 Å². The number of hydrogen-bond donors (Lipinski definition) is 0. The molecular formula is C18H17NO4S. The highest BCUT2D eigenvalue weighted by atomic mass is 32.2. The van der Waals surface area contributed by atoms with E-state index in [1.54, 1.807) is 20.3 Å². The van der Waals surface area contributed by atoms with E-state index in [0.717, 1.165) is 33.8 Å². The molecule has 0 saturated carbocycles. The monoisotopic (exact) mass is 343 g/mol. The molecule has 124 valence electrons. The lowest BCUT2D eigenvalue weighted by Gasteiger charge is -2.11. The molecular weight excluding hydrogens is 326 g/mol. The molecule has 1 heterocycles. The maximum Gasteiger partial charge on any atom is 0.293 e. The molecule has 0 aliphatic carbocycles. The fourth-order valence-electron chi connectivity index (χ4n) is 2.62. The van der Waals surface area contributed by atoms with Crippen LogP contribution in [0.25, 0.3) is 16.8 Å². The highest BCUT2D eigenvalue weighted by Crippen LogP contribution is 2.35. The number of imide groups is 1. The van der Waals surface area contributed by atoms with Crippen molar-refractivity contribution in [1.82, 2.24) is 4.90 Å². The molecule has 0 atom stereocenters. The largest absolute Gasteiger partial charge is 0.496 e. The average molecular weight is 343 g/mol. The van der Waals surface area contributed by atoms with Crippen molar-refractivity contribution in [3.8, 4) is 5.75 Å². The summed E-state index contributed by atoms with van der Waals surface area (Å²) < 4.78 is 10.3. The minimum atomic E-state index is -0.276. The number of methoxy groups -OCH3 is 2. The first-order valence-electron chi connectivity index (χ1n) is 7.45. The molecule has 0 spiro atoms. The van der Waals surface area contributed by atoms with E-state index in [9.17, 15) is 9.59 Å². The van der Waals surface area contributed by atoms with Crippen molar-refractivity contribution in [2.45, 2.75) is 0 Å². The molecule has 1 aliphatic rings. The smallest absolute Gasteiger partial charge is 0.293 e. The van der Waals surface area contributed by atoms with Gasteiger partial charge in [-0.25, -0.2) is 0 Å². The molecule has 1 fully saturated rings. The number of carbonyl (C=O) groups is 2. The molecule has 2 amide bonds. The second kappa shape index (κ2) is 7.07. The van der Waals surface area contributed by atoms with Gasteiger partial charge in [0.15, 0.2) is 0 Å². The molecule has 2 aromatic rings. The topological polar surface area (TPSA) is 55.8 Å². The lowest BCUT2D eigenvalue weighted by molar-refractivity contribution is -0.123. The van der Waals surface area contributed by atoms with Gasteiger partial charge in [-0.15, -0.1) is 0 Å². The molecule has 1 saturated heterocycles. The predicted octanol–water partition coefficient (Wildman–Crippen LogP) is 3.53. The van der Waals surface area contributed by atoms with E-state index in [4.69, 9.17) is 9.47 Å². The quantitative estimate of drug-likeness (QED) is 0.778. The lowest BCUT2D eigenvalue weighted by atomic mass is 10.0. The Kier molecular flexibility index (Phi) is 4.87. The number of carbonyl (C=O) groups excluding carboxylic acids is 2. The van der Waals surface area contributed by atoms with E-state index >= 15 is 0 Å². The van der Waals surface area contributed by atoms with Crippen LogP contribution in [0.1, 0.15) is 5.56 Å². The fraction of sp³-hybridized carbons (Fsp3) is 0.222. The van der Waals surface area contributed by atoms with Gasteiger partial charge in [0.05, 0.1) is 25.2 Å². The minimum absolute atomic E-state index is 0.263. The van der Waals surface area contributed by atoms with Gasteiger partial charge in [-0.2, -0.15) is 0 Å². The first-order valence-corrected chi connectivity index (χ1v) is 8.27. The van der Waals surface area contributed by atoms with Crippen molar-refractivity contribution in [1.29, 1.82) is 0 Å². The molecule has 6 heteroatoms. The van der Waals surface area contributed by atoms with E-state index in [1.807, 2.05) is 36.4 Å². The van der Waals surface area contributed by atoms with Gasteiger partial charge in [0.25, 0.3) is 11.1 Å². The van der Waals surface area contributed by atoms with Gasteiger partial charge in [0, 0.05) is 12.5 Å². The van der Waals surface area contributed by atoms with Crippen LogP contribution in [0.4, 0.5) is 4.79 Å². The number of hydrogen-bond acceptors (Lipinski definition) is 5. The van der Waals surface area contributed by atoms with Gasteiger partial charge in [0.1, 0.15) is 5.75 Å². The normalized spacial score (nSPS) is 16.4. The SMILES string of the molecule is COCCN1C(=O)S/C(=C/c2ccc(OC)c3ccccc23)C1=O. The number of nitrogens with zero attached hydrogens (tertiary/aromatic N) is 1. The van der Waals surface area contributed by atoms with Crippen molar-refractivity contribution < 1.29 is 19.1 Å². The third kappa shape index (κ3) is 3.02. The first kappa shape index (κ1) is 16.5. The van der Waals surface area contributed by atoms with Crippen LogP contribution in [0.3, 0.4) is 0 Å². The Labute approximate surface area is 144 Å². The Morgan fingerprint density at radius 3 is 2.54 bits per heavy atom. The van der Waals surface area contributed by atoms with Crippen LogP contribution < -0.4 is 4.74 Å². The summed E-state index contributed by atoms with van der Waals surface area (Å²) in [5, 5.41) is 1.68. The van der Waals surface area contributed by atoms with Crippen molar-refractivity contribution in [2.24, 2.45) is 0 Å². The molecule has 3 rings (SSSR count). The molecule has 24 heavy (non-hydrogen) atoms. The second-order valence-electron chi connectivity index (χ2n) is 5.23. The van der Waals surface area contributed by atoms with Gasteiger partial charge >= 0.3 is 0 Å². The van der Waals surface area contributed by atoms with Crippen LogP contribution in [0.15, 0.2) is 41.3 Å². The van der Waals surface area contributed by atoms with E-state index in [0.29, 0.717) is 11.5 Å². The molecule has 2 aromatic carbocycles. The summed E-state index contributed by atoms with van der Waals surface area (Å²) in [5.41, 5.74) is 0.878. The Morgan fingerprint density at radius 1 is 1.08 bits per heavy atom. The highest BCUT2D eigenvalue weighted by molar-refractivity contribution is 8.18. The van der Waals surface area contributed by atoms with Gasteiger partial charge in [0.2, 0.25) is 0 Å². The number of amides is 2. The summed E-state index contributed by atoms with van der Waals surface area (Å²) in [6.07, 6.45) is 1.76. The fourth-order valence-corrected chi connectivity index (χ4v) is 3.47. The summed E-state index contributed by atoms with van der Waals surface area (Å²) in [4.78, 5) is 26.1. The third-order valence-electron chi connectivity index (χ3n) is 3.82. The number of rotatable bonds is 5. The maximum absolute atomic E-state index is 12.4. The van der Waals surface area contributed by atoms with Gasteiger partial charge < -0.3 is 9.47 Å². The van der Waals surface area contributed by atoms with Crippen molar-refractivity contribution >= 4 is 39.8 Å². The maximum atomic E-state index is 12.4. The first-order chi connectivity index (χ1) is 11.7. The molecule has 0 unspecified atom stereocenters. The Morgan fingerprint density at radius 2 is 1.83 bits per heavy atom. The Balaban J connectivity index is 1.99. The zero-order chi connectivity index (χ0) is 17.1. The lowest BCUT2D eigenvalue weighted by Crippen LogP contribution is -2.31. The van der Waals surface area contributed by atoms with Crippen molar-refractivity contribution in [3.63, 3.8) is 0 Å². The molecule has 0 aromatic heterocycles. The number of fused-ring (bicyclic) bond motifs is 1. The Hall–Kier alpha value is -2.31. The van der Waals surface area contributed by atoms with E-state index < -0.39 is 0 Å². The van der Waals surface area contributed by atoms with Gasteiger partial charge in [-0.3, -0.25) is 14.5 Å². The summed E-state index contributed by atoms with van der Waals surface area (Å²) >= 11 is 0.957. The highest BCUT2D eigenvalue weighted by Gasteiger charge is 2.34. The van der Waals surface area contributed by atoms with Crippen LogP contribution in [0.5, 0.6) is 5.75 Å². The minimum Gasteiger partial charge on any atom is -0.496 e. The standard InChI is InChI=1S/C18H17NO4S/c1-22-10-9-19-17(20)16(24-18(19)21)11-12-7-8-15(23-2)14-6-4-3-5-13(12)14/h3-8,11H,9-10H2,1-2H3/b16-11+.